The number of ether oxygens (including phenoxy) is 5. The van der Waals surface area contributed by atoms with Crippen LogP contribution in [-0.2, 0) is 23.8 Å². The van der Waals surface area contributed by atoms with Crippen LogP contribution in [0.4, 0.5) is 9.59 Å². The Kier molecular flexibility index (Phi) is 20.0. The highest BCUT2D eigenvalue weighted by atomic mass is 127. The molecule has 0 atom stereocenters. The van der Waals surface area contributed by atoms with Crippen molar-refractivity contribution in [3.05, 3.63) is 79.0 Å². The third-order valence-electron chi connectivity index (χ3n) is 6.27. The molecule has 0 aliphatic carbocycles. The predicted octanol–water partition coefficient (Wildman–Crippen LogP) is 7.96. The van der Waals surface area contributed by atoms with Crippen molar-refractivity contribution in [1.82, 2.24) is 9.80 Å². The molecule has 2 amide bonds. The van der Waals surface area contributed by atoms with Crippen LogP contribution in [0, 0.1) is 7.14 Å². The number of carbonyl (C=O) groups is 4. The second-order valence-corrected chi connectivity index (χ2v) is 15.5. The minimum atomic E-state index is -1.01. The second-order valence-electron chi connectivity index (χ2n) is 13.0. The maximum absolute atomic E-state index is 12.4. The molecule has 0 aliphatic rings. The molecular formula is C37H50I2N2O10. The number of methoxy groups -OCH3 is 1. The Bertz CT molecular complexity index is 1480. The lowest BCUT2D eigenvalue weighted by molar-refractivity contribution is -0.136. The SMILES string of the molecule is C/C(=C\CN(CCOc1ccc(I)cc1)C(=O)OC(C)(C)C)C(=O)O.COC(=O)/C(C)=C/CN(CCOc1ccc(I)cc1)C(=O)OC(C)(C)C. The van der Waals surface area contributed by atoms with E-state index in [-0.39, 0.29) is 31.8 Å². The summed E-state index contributed by atoms with van der Waals surface area (Å²) in [5.74, 6) is 0.00112. The van der Waals surface area contributed by atoms with Gasteiger partial charge in [0.25, 0.3) is 0 Å². The number of esters is 1. The van der Waals surface area contributed by atoms with Crippen molar-refractivity contribution in [2.75, 3.05) is 46.5 Å². The van der Waals surface area contributed by atoms with Crippen molar-refractivity contribution < 1.29 is 48.0 Å². The van der Waals surface area contributed by atoms with Crippen LogP contribution < -0.4 is 9.47 Å². The van der Waals surface area contributed by atoms with Crippen molar-refractivity contribution >= 4 is 69.3 Å². The largest absolute Gasteiger partial charge is 0.492 e. The van der Waals surface area contributed by atoms with Crippen LogP contribution in [0.2, 0.25) is 0 Å². The van der Waals surface area contributed by atoms with E-state index in [0.717, 1.165) is 12.9 Å². The van der Waals surface area contributed by atoms with Crippen molar-refractivity contribution in [1.29, 1.82) is 0 Å². The number of rotatable bonds is 14. The Morgan fingerprint density at radius 2 is 1.02 bits per heavy atom. The van der Waals surface area contributed by atoms with Crippen LogP contribution in [-0.4, -0.2) is 96.7 Å². The van der Waals surface area contributed by atoms with E-state index in [1.165, 1.54) is 29.9 Å². The maximum atomic E-state index is 12.4. The Balaban J connectivity index is 0.000000510. The number of benzene rings is 2. The van der Waals surface area contributed by atoms with Gasteiger partial charge in [-0.3, -0.25) is 0 Å². The number of hydrogen-bond acceptors (Lipinski definition) is 9. The van der Waals surface area contributed by atoms with Crippen LogP contribution in [0.25, 0.3) is 0 Å². The van der Waals surface area contributed by atoms with Crippen LogP contribution >= 0.6 is 45.2 Å². The zero-order chi connectivity index (χ0) is 38.8. The number of aliphatic carboxylic acids is 1. The van der Waals surface area contributed by atoms with E-state index in [1.54, 1.807) is 54.5 Å². The first-order chi connectivity index (χ1) is 23.7. The van der Waals surface area contributed by atoms with Crippen LogP contribution in [0.1, 0.15) is 55.4 Å². The summed E-state index contributed by atoms with van der Waals surface area (Å²) in [6.45, 7) is 15.5. The summed E-state index contributed by atoms with van der Waals surface area (Å²) in [5, 5.41) is 8.94. The fourth-order valence-electron chi connectivity index (χ4n) is 3.60. The Morgan fingerprint density at radius 3 is 1.33 bits per heavy atom. The van der Waals surface area contributed by atoms with Gasteiger partial charge in [-0.15, -0.1) is 0 Å². The maximum Gasteiger partial charge on any atom is 0.410 e. The Morgan fingerprint density at radius 1 is 0.667 bits per heavy atom. The fraction of sp³-hybridized carbons (Fsp3) is 0.459. The molecule has 0 unspecified atom stereocenters. The van der Waals surface area contributed by atoms with E-state index >= 15 is 0 Å². The zero-order valence-corrected chi connectivity index (χ0v) is 35.1. The van der Waals surface area contributed by atoms with Gasteiger partial charge in [0.05, 0.1) is 20.2 Å². The van der Waals surface area contributed by atoms with Gasteiger partial charge >= 0.3 is 24.1 Å². The van der Waals surface area contributed by atoms with Crippen LogP contribution in [0.15, 0.2) is 71.8 Å². The third kappa shape index (κ3) is 20.8. The van der Waals surface area contributed by atoms with E-state index in [4.69, 9.17) is 24.1 Å². The highest BCUT2D eigenvalue weighted by Gasteiger charge is 2.23. The van der Waals surface area contributed by atoms with Gasteiger partial charge in [-0.05, 0) is 149 Å². The number of nitrogens with zero attached hydrogens (tertiary/aromatic N) is 2. The van der Waals surface area contributed by atoms with E-state index in [2.05, 4.69) is 49.9 Å². The molecule has 51 heavy (non-hydrogen) atoms. The summed E-state index contributed by atoms with van der Waals surface area (Å²) in [6, 6.07) is 15.2. The van der Waals surface area contributed by atoms with Gasteiger partial charge in [-0.25, -0.2) is 19.2 Å². The van der Waals surface area contributed by atoms with Crippen LogP contribution in [0.5, 0.6) is 11.5 Å². The summed E-state index contributed by atoms with van der Waals surface area (Å²) in [6.07, 6.45) is 2.16. The molecule has 0 saturated carbocycles. The number of halogens is 2. The third-order valence-corrected chi connectivity index (χ3v) is 7.71. The van der Waals surface area contributed by atoms with Gasteiger partial charge < -0.3 is 38.6 Å². The smallest absolute Gasteiger partial charge is 0.410 e. The molecule has 282 valence electrons. The van der Waals surface area contributed by atoms with Gasteiger partial charge in [0.15, 0.2) is 0 Å². The van der Waals surface area contributed by atoms with E-state index in [0.29, 0.717) is 24.5 Å². The highest BCUT2D eigenvalue weighted by Crippen LogP contribution is 2.16. The normalized spacial score (nSPS) is 11.7. The Labute approximate surface area is 328 Å². The number of hydrogen-bond donors (Lipinski definition) is 1. The van der Waals surface area contributed by atoms with E-state index < -0.39 is 35.3 Å². The summed E-state index contributed by atoms with van der Waals surface area (Å²) < 4.78 is 29.0. The fourth-order valence-corrected chi connectivity index (χ4v) is 4.32. The monoisotopic (exact) mass is 936 g/mol. The molecular weight excluding hydrogens is 886 g/mol. The van der Waals surface area contributed by atoms with Gasteiger partial charge in [0, 0.05) is 31.4 Å². The summed E-state index contributed by atoms with van der Waals surface area (Å²) in [7, 11) is 1.32. The molecule has 1 N–H and O–H groups in total. The molecule has 0 spiro atoms. The topological polar surface area (TPSA) is 141 Å². The minimum Gasteiger partial charge on any atom is -0.492 e. The molecule has 14 heteroatoms. The standard InChI is InChI=1S/C19H26INO5.C18H24INO5/c1-14(17(22)24-5)10-11-21(18(23)26-19(2,3)4)12-13-25-16-8-6-15(20)7-9-16;1-13(16(21)22)9-10-20(17(23)25-18(2,3)4)11-12-24-15-7-5-14(19)6-8-15/h6-10H,11-13H2,1-5H3;5-9H,10-12H2,1-4H3,(H,21,22)/b14-10+;13-9+. The van der Waals surface area contributed by atoms with Crippen molar-refractivity contribution in [3.63, 3.8) is 0 Å². The summed E-state index contributed by atoms with van der Waals surface area (Å²) in [5.41, 5.74) is -0.627. The molecule has 12 nitrogen and oxygen atoms in total. The number of carbonyl (C=O) groups excluding carboxylic acids is 3. The lowest BCUT2D eigenvalue weighted by atomic mass is 10.2. The molecule has 0 aliphatic heterocycles. The van der Waals surface area contributed by atoms with E-state index in [9.17, 15) is 19.2 Å². The molecule has 0 saturated heterocycles. The lowest BCUT2D eigenvalue weighted by Crippen LogP contribution is -2.39. The molecule has 0 aromatic heterocycles. The summed E-state index contributed by atoms with van der Waals surface area (Å²) >= 11 is 4.43. The molecule has 0 heterocycles. The quantitative estimate of drug-likeness (QED) is 0.0859. The number of carboxylic acids is 1. The van der Waals surface area contributed by atoms with E-state index in [1.807, 2.05) is 48.5 Å². The minimum absolute atomic E-state index is 0.142. The molecule has 2 aromatic carbocycles. The van der Waals surface area contributed by atoms with Gasteiger partial charge in [0.2, 0.25) is 0 Å². The molecule has 0 fully saturated rings. The highest BCUT2D eigenvalue weighted by molar-refractivity contribution is 14.1. The number of amides is 2. The molecule has 2 aromatic rings. The molecule has 0 bridgehead atoms. The Hall–Kier alpha value is -3.54. The first kappa shape index (κ1) is 45.5. The predicted molar refractivity (Wildman–Crippen MR) is 212 cm³/mol. The first-order valence-corrected chi connectivity index (χ1v) is 18.2. The average molecular weight is 937 g/mol. The summed E-state index contributed by atoms with van der Waals surface area (Å²) in [4.78, 5) is 50.0. The van der Waals surface area contributed by atoms with Gasteiger partial charge in [-0.1, -0.05) is 12.2 Å². The van der Waals surface area contributed by atoms with Gasteiger partial charge in [0.1, 0.15) is 35.9 Å². The lowest BCUT2D eigenvalue weighted by Gasteiger charge is -2.26. The zero-order valence-electron chi connectivity index (χ0n) is 30.8. The molecule has 2 rings (SSSR count). The molecule has 0 radical (unpaired) electrons. The van der Waals surface area contributed by atoms with Crippen LogP contribution in [0.3, 0.4) is 0 Å². The van der Waals surface area contributed by atoms with Crippen molar-refractivity contribution in [2.45, 2.75) is 66.6 Å². The van der Waals surface area contributed by atoms with Crippen molar-refractivity contribution in [2.24, 2.45) is 0 Å². The number of carboxylic acid groups (broad SMARTS) is 1. The van der Waals surface area contributed by atoms with Crippen molar-refractivity contribution in [3.8, 4) is 11.5 Å². The first-order valence-electron chi connectivity index (χ1n) is 16.1. The van der Waals surface area contributed by atoms with Gasteiger partial charge in [-0.2, -0.15) is 0 Å². The average Bonchev–Trinajstić information content (AvgIpc) is 3.03. The second kappa shape index (κ2) is 22.4.